The molecule has 1 unspecified atom stereocenters. The van der Waals surface area contributed by atoms with Gasteiger partial charge in [-0.15, -0.1) is 0 Å². The maximum Gasteiger partial charge on any atom is 0.106 e. The van der Waals surface area contributed by atoms with Gasteiger partial charge in [-0.2, -0.15) is 0 Å². The summed E-state index contributed by atoms with van der Waals surface area (Å²) in [5.74, 6) is 0. The minimum Gasteiger partial charge on any atom is -0.329 e. The zero-order chi connectivity index (χ0) is 8.27. The van der Waals surface area contributed by atoms with Crippen LogP contribution in [0.1, 0.15) is 11.7 Å². The summed E-state index contributed by atoms with van der Waals surface area (Å²) in [6, 6.07) is 5.45. The standard InChI is InChI=1S/C7H10BrN3/c8-7-3-1-2-6(11-7)5(10)4-9/h1-3,5H,4,9-10H2. The molecule has 0 aromatic carbocycles. The monoisotopic (exact) mass is 215 g/mol. The number of nitrogens with two attached hydrogens (primary N) is 2. The van der Waals surface area contributed by atoms with Gasteiger partial charge < -0.3 is 11.5 Å². The first kappa shape index (κ1) is 8.64. The zero-order valence-electron chi connectivity index (χ0n) is 6.00. The van der Waals surface area contributed by atoms with E-state index in [0.29, 0.717) is 6.54 Å². The third kappa shape index (κ3) is 2.25. The molecular formula is C7H10BrN3. The van der Waals surface area contributed by atoms with E-state index in [1.54, 1.807) is 0 Å². The van der Waals surface area contributed by atoms with E-state index in [-0.39, 0.29) is 6.04 Å². The van der Waals surface area contributed by atoms with Gasteiger partial charge in [0, 0.05) is 6.54 Å². The van der Waals surface area contributed by atoms with Crippen LogP contribution in [0.25, 0.3) is 0 Å². The molecule has 11 heavy (non-hydrogen) atoms. The maximum absolute atomic E-state index is 5.65. The Morgan fingerprint density at radius 2 is 2.27 bits per heavy atom. The maximum atomic E-state index is 5.65. The smallest absolute Gasteiger partial charge is 0.106 e. The molecule has 0 saturated carbocycles. The molecule has 4 heteroatoms. The lowest BCUT2D eigenvalue weighted by Crippen LogP contribution is -2.21. The number of nitrogens with zero attached hydrogens (tertiary/aromatic N) is 1. The van der Waals surface area contributed by atoms with Crippen molar-refractivity contribution >= 4 is 15.9 Å². The quantitative estimate of drug-likeness (QED) is 0.718. The average molecular weight is 216 g/mol. The molecule has 0 spiro atoms. The Labute approximate surface area is 73.9 Å². The first-order valence-electron chi connectivity index (χ1n) is 3.32. The van der Waals surface area contributed by atoms with Crippen LogP contribution in [0.4, 0.5) is 0 Å². The van der Waals surface area contributed by atoms with Crippen molar-refractivity contribution in [2.24, 2.45) is 11.5 Å². The molecule has 1 heterocycles. The van der Waals surface area contributed by atoms with E-state index in [1.807, 2.05) is 18.2 Å². The first-order chi connectivity index (χ1) is 5.24. The molecule has 0 radical (unpaired) electrons. The van der Waals surface area contributed by atoms with Crippen LogP contribution in [0.5, 0.6) is 0 Å². The molecule has 1 rings (SSSR count). The van der Waals surface area contributed by atoms with Crippen LogP contribution in [-0.4, -0.2) is 11.5 Å². The Kier molecular flexibility index (Phi) is 2.99. The molecule has 0 amide bonds. The van der Waals surface area contributed by atoms with Crippen LogP contribution in [0.3, 0.4) is 0 Å². The van der Waals surface area contributed by atoms with E-state index < -0.39 is 0 Å². The van der Waals surface area contributed by atoms with Crippen molar-refractivity contribution in [1.29, 1.82) is 0 Å². The van der Waals surface area contributed by atoms with Crippen molar-refractivity contribution in [2.75, 3.05) is 6.54 Å². The molecule has 0 aliphatic carbocycles. The fourth-order valence-electron chi connectivity index (χ4n) is 0.751. The van der Waals surface area contributed by atoms with Gasteiger partial charge in [-0.1, -0.05) is 6.07 Å². The van der Waals surface area contributed by atoms with Gasteiger partial charge in [0.15, 0.2) is 0 Å². The largest absolute Gasteiger partial charge is 0.329 e. The lowest BCUT2D eigenvalue weighted by atomic mass is 10.2. The van der Waals surface area contributed by atoms with E-state index in [2.05, 4.69) is 20.9 Å². The molecule has 1 atom stereocenters. The van der Waals surface area contributed by atoms with Gasteiger partial charge in [0.05, 0.1) is 11.7 Å². The first-order valence-corrected chi connectivity index (χ1v) is 4.11. The Balaban J connectivity index is 2.86. The van der Waals surface area contributed by atoms with Gasteiger partial charge in [-0.05, 0) is 28.1 Å². The minimum absolute atomic E-state index is 0.160. The second kappa shape index (κ2) is 3.80. The van der Waals surface area contributed by atoms with E-state index >= 15 is 0 Å². The van der Waals surface area contributed by atoms with Gasteiger partial charge in [-0.25, -0.2) is 4.98 Å². The molecule has 0 aliphatic rings. The molecule has 1 aromatic rings. The van der Waals surface area contributed by atoms with Gasteiger partial charge >= 0.3 is 0 Å². The molecule has 4 N–H and O–H groups in total. The van der Waals surface area contributed by atoms with Gasteiger partial charge in [0.2, 0.25) is 0 Å². The summed E-state index contributed by atoms with van der Waals surface area (Å²) in [4.78, 5) is 4.16. The number of pyridine rings is 1. The number of hydrogen-bond donors (Lipinski definition) is 2. The summed E-state index contributed by atoms with van der Waals surface area (Å²) in [7, 11) is 0. The minimum atomic E-state index is -0.160. The fourth-order valence-corrected chi connectivity index (χ4v) is 1.11. The number of aromatic nitrogens is 1. The SMILES string of the molecule is NCC(N)c1cccc(Br)n1. The average Bonchev–Trinajstić information content (AvgIpc) is 2.03. The fraction of sp³-hybridized carbons (Fsp3) is 0.286. The van der Waals surface area contributed by atoms with Gasteiger partial charge in [0.1, 0.15) is 4.60 Å². The second-order valence-corrected chi connectivity index (χ2v) is 3.04. The van der Waals surface area contributed by atoms with Gasteiger partial charge in [0.25, 0.3) is 0 Å². The van der Waals surface area contributed by atoms with Crippen molar-refractivity contribution in [1.82, 2.24) is 4.98 Å². The number of hydrogen-bond acceptors (Lipinski definition) is 3. The molecule has 1 aromatic heterocycles. The highest BCUT2D eigenvalue weighted by atomic mass is 79.9. The van der Waals surface area contributed by atoms with Gasteiger partial charge in [-0.3, -0.25) is 0 Å². The summed E-state index contributed by atoms with van der Waals surface area (Å²) < 4.78 is 0.791. The van der Waals surface area contributed by atoms with E-state index in [1.165, 1.54) is 0 Å². The van der Waals surface area contributed by atoms with Crippen LogP contribution in [0.15, 0.2) is 22.8 Å². The Hall–Kier alpha value is -0.450. The second-order valence-electron chi connectivity index (χ2n) is 2.23. The molecule has 0 bridgehead atoms. The van der Waals surface area contributed by atoms with Crippen molar-refractivity contribution in [3.8, 4) is 0 Å². The third-order valence-electron chi connectivity index (χ3n) is 1.37. The van der Waals surface area contributed by atoms with Crippen LogP contribution in [0.2, 0.25) is 0 Å². The summed E-state index contributed by atoms with van der Waals surface area (Å²) in [5.41, 5.74) is 11.8. The van der Waals surface area contributed by atoms with Crippen LogP contribution < -0.4 is 11.5 Å². The highest BCUT2D eigenvalue weighted by Gasteiger charge is 2.03. The lowest BCUT2D eigenvalue weighted by Gasteiger charge is -2.06. The number of rotatable bonds is 2. The Bertz CT molecular complexity index is 239. The van der Waals surface area contributed by atoms with Crippen molar-refractivity contribution in [3.05, 3.63) is 28.5 Å². The molecule has 0 aliphatic heterocycles. The number of halogens is 1. The summed E-state index contributed by atoms with van der Waals surface area (Å²) in [5, 5.41) is 0. The molecule has 0 fully saturated rings. The highest BCUT2D eigenvalue weighted by Crippen LogP contribution is 2.10. The van der Waals surface area contributed by atoms with Crippen LogP contribution in [-0.2, 0) is 0 Å². The van der Waals surface area contributed by atoms with Crippen molar-refractivity contribution in [3.63, 3.8) is 0 Å². The summed E-state index contributed by atoms with van der Waals surface area (Å²) in [6.45, 7) is 0.420. The van der Waals surface area contributed by atoms with E-state index in [4.69, 9.17) is 11.5 Å². The predicted octanol–water partition coefficient (Wildman–Crippen LogP) is 0.803. The topological polar surface area (TPSA) is 64.9 Å². The summed E-state index contributed by atoms with van der Waals surface area (Å²) >= 11 is 3.25. The molecule has 60 valence electrons. The Morgan fingerprint density at radius 1 is 1.55 bits per heavy atom. The summed E-state index contributed by atoms with van der Waals surface area (Å²) in [6.07, 6.45) is 0. The molecular weight excluding hydrogens is 206 g/mol. The van der Waals surface area contributed by atoms with E-state index in [0.717, 1.165) is 10.3 Å². The van der Waals surface area contributed by atoms with Crippen LogP contribution in [0, 0.1) is 0 Å². The zero-order valence-corrected chi connectivity index (χ0v) is 7.58. The third-order valence-corrected chi connectivity index (χ3v) is 1.81. The van der Waals surface area contributed by atoms with Crippen molar-refractivity contribution in [2.45, 2.75) is 6.04 Å². The molecule has 3 nitrogen and oxygen atoms in total. The highest BCUT2D eigenvalue weighted by molar-refractivity contribution is 9.10. The normalized spacial score (nSPS) is 13.0. The van der Waals surface area contributed by atoms with E-state index in [9.17, 15) is 0 Å². The van der Waals surface area contributed by atoms with Crippen molar-refractivity contribution < 1.29 is 0 Å². The predicted molar refractivity (Wildman–Crippen MR) is 47.9 cm³/mol. The van der Waals surface area contributed by atoms with Crippen LogP contribution >= 0.6 is 15.9 Å². The lowest BCUT2D eigenvalue weighted by molar-refractivity contribution is 0.709. The Morgan fingerprint density at radius 3 is 2.82 bits per heavy atom. The molecule has 0 saturated heterocycles.